The van der Waals surface area contributed by atoms with Gasteiger partial charge in [0, 0.05) is 17.3 Å². The van der Waals surface area contributed by atoms with Crippen molar-refractivity contribution in [2.75, 3.05) is 13.2 Å². The van der Waals surface area contributed by atoms with E-state index in [0.717, 1.165) is 10.7 Å². The van der Waals surface area contributed by atoms with Gasteiger partial charge < -0.3 is 10.5 Å². The first kappa shape index (κ1) is 11.6. The minimum absolute atomic E-state index is 0.128. The van der Waals surface area contributed by atoms with E-state index in [1.54, 1.807) is 11.3 Å². The lowest BCUT2D eigenvalue weighted by Gasteiger charge is -2.14. The van der Waals surface area contributed by atoms with Crippen LogP contribution in [0.3, 0.4) is 0 Å². The van der Waals surface area contributed by atoms with Gasteiger partial charge in [0.05, 0.1) is 18.9 Å². The second-order valence-corrected chi connectivity index (χ2v) is 5.16. The molecule has 1 aromatic rings. The van der Waals surface area contributed by atoms with Crippen molar-refractivity contribution in [3.8, 4) is 0 Å². The molecule has 0 aliphatic heterocycles. The summed E-state index contributed by atoms with van der Waals surface area (Å²) < 4.78 is 5.32. The summed E-state index contributed by atoms with van der Waals surface area (Å²) in [6.07, 6.45) is 0. The molecule has 2 N–H and O–H groups in total. The average Bonchev–Trinajstić information content (AvgIpc) is 2.52. The smallest absolute Gasteiger partial charge is 0.119 e. The molecular formula is C10H18N2OS. The lowest BCUT2D eigenvalue weighted by Crippen LogP contribution is -2.12. The zero-order valence-electron chi connectivity index (χ0n) is 9.04. The van der Waals surface area contributed by atoms with Gasteiger partial charge >= 0.3 is 0 Å². The normalized spacial score (nSPS) is 12.0. The maximum Gasteiger partial charge on any atom is 0.119 e. The Morgan fingerprint density at radius 2 is 2.21 bits per heavy atom. The Morgan fingerprint density at radius 3 is 2.71 bits per heavy atom. The predicted molar refractivity (Wildman–Crippen MR) is 59.5 cm³/mol. The van der Waals surface area contributed by atoms with E-state index in [1.165, 1.54) is 0 Å². The van der Waals surface area contributed by atoms with Crippen molar-refractivity contribution in [2.45, 2.75) is 32.8 Å². The molecule has 0 saturated carbocycles. The van der Waals surface area contributed by atoms with Crippen LogP contribution in [-0.4, -0.2) is 18.1 Å². The topological polar surface area (TPSA) is 48.1 Å². The lowest BCUT2D eigenvalue weighted by molar-refractivity contribution is 0.128. The largest absolute Gasteiger partial charge is 0.373 e. The zero-order valence-corrected chi connectivity index (χ0v) is 9.86. The number of hydrogen-bond donors (Lipinski definition) is 1. The highest BCUT2D eigenvalue weighted by Gasteiger charge is 2.17. The molecule has 0 saturated heterocycles. The van der Waals surface area contributed by atoms with E-state index in [4.69, 9.17) is 10.5 Å². The van der Waals surface area contributed by atoms with Crippen molar-refractivity contribution < 1.29 is 4.74 Å². The molecule has 0 bridgehead atoms. The second-order valence-electron chi connectivity index (χ2n) is 4.22. The second kappa shape index (κ2) is 4.87. The van der Waals surface area contributed by atoms with Crippen LogP contribution in [0, 0.1) is 0 Å². The molecule has 1 heterocycles. The molecule has 0 unspecified atom stereocenters. The summed E-state index contributed by atoms with van der Waals surface area (Å²) in [6, 6.07) is 0. The summed E-state index contributed by atoms with van der Waals surface area (Å²) in [5.74, 6) is 0. The molecule has 80 valence electrons. The van der Waals surface area contributed by atoms with E-state index in [-0.39, 0.29) is 5.41 Å². The number of rotatable bonds is 4. The average molecular weight is 214 g/mol. The van der Waals surface area contributed by atoms with Gasteiger partial charge in [-0.1, -0.05) is 20.8 Å². The number of hydrogen-bond acceptors (Lipinski definition) is 4. The molecule has 0 radical (unpaired) electrons. The standard InChI is InChI=1S/C10H18N2OS/c1-10(2,3)8-7-14-9(12-8)6-13-5-4-11/h7H,4-6,11H2,1-3H3. The third-order valence-corrected chi connectivity index (χ3v) is 2.63. The van der Waals surface area contributed by atoms with Crippen LogP contribution in [0.25, 0.3) is 0 Å². The molecule has 14 heavy (non-hydrogen) atoms. The van der Waals surface area contributed by atoms with E-state index in [2.05, 4.69) is 31.1 Å². The number of aromatic nitrogens is 1. The Labute approximate surface area is 89.3 Å². The van der Waals surface area contributed by atoms with E-state index in [9.17, 15) is 0 Å². The van der Waals surface area contributed by atoms with Gasteiger partial charge in [-0.15, -0.1) is 11.3 Å². The van der Waals surface area contributed by atoms with E-state index in [0.29, 0.717) is 19.8 Å². The van der Waals surface area contributed by atoms with Crippen LogP contribution in [0.4, 0.5) is 0 Å². The van der Waals surface area contributed by atoms with Gasteiger partial charge in [-0.25, -0.2) is 4.98 Å². The summed E-state index contributed by atoms with van der Waals surface area (Å²) in [5, 5.41) is 3.13. The van der Waals surface area contributed by atoms with E-state index in [1.807, 2.05) is 0 Å². The Balaban J connectivity index is 2.51. The summed E-state index contributed by atoms with van der Waals surface area (Å²) in [6.45, 7) is 8.23. The van der Waals surface area contributed by atoms with Crippen molar-refractivity contribution >= 4 is 11.3 Å². The van der Waals surface area contributed by atoms with Gasteiger partial charge in [-0.2, -0.15) is 0 Å². The van der Waals surface area contributed by atoms with Crippen LogP contribution in [0.1, 0.15) is 31.5 Å². The lowest BCUT2D eigenvalue weighted by atomic mass is 9.93. The molecule has 0 fully saturated rings. The first-order valence-electron chi connectivity index (χ1n) is 4.76. The van der Waals surface area contributed by atoms with Crippen molar-refractivity contribution in [1.82, 2.24) is 4.98 Å². The van der Waals surface area contributed by atoms with Gasteiger partial charge in [0.2, 0.25) is 0 Å². The van der Waals surface area contributed by atoms with Gasteiger partial charge in [0.25, 0.3) is 0 Å². The molecule has 0 spiro atoms. The number of ether oxygens (including phenoxy) is 1. The van der Waals surface area contributed by atoms with Gasteiger partial charge in [-0.3, -0.25) is 0 Å². The van der Waals surface area contributed by atoms with Crippen LogP contribution in [0.5, 0.6) is 0 Å². The van der Waals surface area contributed by atoms with Crippen LogP contribution < -0.4 is 5.73 Å². The molecular weight excluding hydrogens is 196 g/mol. The van der Waals surface area contributed by atoms with E-state index >= 15 is 0 Å². The minimum Gasteiger partial charge on any atom is -0.373 e. The molecule has 4 heteroatoms. The quantitative estimate of drug-likeness (QED) is 0.779. The molecule has 1 rings (SSSR count). The van der Waals surface area contributed by atoms with Crippen molar-refractivity contribution in [3.63, 3.8) is 0 Å². The maximum atomic E-state index is 5.33. The van der Waals surface area contributed by atoms with Crippen molar-refractivity contribution in [3.05, 3.63) is 16.1 Å². The molecule has 0 aliphatic rings. The number of nitrogens with zero attached hydrogens (tertiary/aromatic N) is 1. The SMILES string of the molecule is CC(C)(C)c1csc(COCCN)n1. The first-order valence-corrected chi connectivity index (χ1v) is 5.64. The monoisotopic (exact) mass is 214 g/mol. The number of nitrogens with two attached hydrogens (primary N) is 1. The highest BCUT2D eigenvalue weighted by Crippen LogP contribution is 2.23. The Hall–Kier alpha value is -0.450. The van der Waals surface area contributed by atoms with Gasteiger partial charge in [-0.05, 0) is 0 Å². The third kappa shape index (κ3) is 3.36. The summed E-state index contributed by atoms with van der Waals surface area (Å²) in [5.41, 5.74) is 6.59. The van der Waals surface area contributed by atoms with Crippen LogP contribution in [-0.2, 0) is 16.8 Å². The summed E-state index contributed by atoms with van der Waals surface area (Å²) >= 11 is 1.65. The third-order valence-electron chi connectivity index (χ3n) is 1.81. The first-order chi connectivity index (χ1) is 6.54. The zero-order chi connectivity index (χ0) is 10.6. The highest BCUT2D eigenvalue weighted by molar-refractivity contribution is 7.09. The van der Waals surface area contributed by atoms with E-state index < -0.39 is 0 Å². The molecule has 1 aromatic heterocycles. The Kier molecular flexibility index (Phi) is 4.04. The maximum absolute atomic E-state index is 5.33. The van der Waals surface area contributed by atoms with Crippen molar-refractivity contribution in [2.24, 2.45) is 5.73 Å². The van der Waals surface area contributed by atoms with Gasteiger partial charge in [0.1, 0.15) is 5.01 Å². The molecule has 3 nitrogen and oxygen atoms in total. The highest BCUT2D eigenvalue weighted by atomic mass is 32.1. The van der Waals surface area contributed by atoms with Gasteiger partial charge in [0.15, 0.2) is 0 Å². The minimum atomic E-state index is 0.128. The van der Waals surface area contributed by atoms with Crippen molar-refractivity contribution in [1.29, 1.82) is 0 Å². The predicted octanol–water partition coefficient (Wildman–Crippen LogP) is 1.92. The van der Waals surface area contributed by atoms with Crippen LogP contribution in [0.2, 0.25) is 0 Å². The fourth-order valence-electron chi connectivity index (χ4n) is 0.964. The molecule has 0 aromatic carbocycles. The van der Waals surface area contributed by atoms with Crippen LogP contribution >= 0.6 is 11.3 Å². The Bertz CT molecular complexity index is 278. The Morgan fingerprint density at radius 1 is 1.50 bits per heavy atom. The summed E-state index contributed by atoms with van der Waals surface area (Å²) in [7, 11) is 0. The fraction of sp³-hybridized carbons (Fsp3) is 0.700. The molecule has 0 atom stereocenters. The summed E-state index contributed by atoms with van der Waals surface area (Å²) in [4.78, 5) is 4.51. The number of thiazole rings is 1. The van der Waals surface area contributed by atoms with Crippen LogP contribution in [0.15, 0.2) is 5.38 Å². The molecule has 0 aliphatic carbocycles. The fourth-order valence-corrected chi connectivity index (χ4v) is 1.92. The molecule has 0 amide bonds.